The van der Waals surface area contributed by atoms with Crippen molar-refractivity contribution in [3.63, 3.8) is 0 Å². The minimum atomic E-state index is 0.267. The summed E-state index contributed by atoms with van der Waals surface area (Å²) in [6.45, 7) is 12.0. The van der Waals surface area contributed by atoms with Gasteiger partial charge in [-0.2, -0.15) is 11.8 Å². The molecule has 2 aliphatic heterocycles. The Hall–Kier alpha value is -1.69. The first-order valence-electron chi connectivity index (χ1n) is 10.00. The Morgan fingerprint density at radius 2 is 1.96 bits per heavy atom. The number of nitrogens with one attached hydrogen (secondary N) is 1. The Morgan fingerprint density at radius 3 is 2.59 bits per heavy atom. The van der Waals surface area contributed by atoms with Crippen LogP contribution >= 0.6 is 11.8 Å². The predicted molar refractivity (Wildman–Crippen MR) is 114 cm³/mol. The van der Waals surface area contributed by atoms with Gasteiger partial charge in [0.2, 0.25) is 5.91 Å². The second-order valence-electron chi connectivity index (χ2n) is 7.94. The molecule has 0 radical (unpaired) electrons. The molecule has 0 bridgehead atoms. The van der Waals surface area contributed by atoms with Crippen LogP contribution in [0, 0.1) is 0 Å². The zero-order chi connectivity index (χ0) is 19.3. The molecule has 3 rings (SSSR count). The number of aliphatic imine (C=N–C) groups is 1. The van der Waals surface area contributed by atoms with E-state index in [-0.39, 0.29) is 10.7 Å². The van der Waals surface area contributed by atoms with Gasteiger partial charge in [0.25, 0.3) is 0 Å². The zero-order valence-corrected chi connectivity index (χ0v) is 17.6. The summed E-state index contributed by atoms with van der Waals surface area (Å²) in [5.74, 6) is 2.43. The van der Waals surface area contributed by atoms with Crippen LogP contribution in [0.25, 0.3) is 0 Å². The second-order valence-corrected chi connectivity index (χ2v) is 9.74. The number of thioether (sulfide) groups is 1. The Bertz CT molecular complexity index is 671. The molecule has 2 aliphatic rings. The highest BCUT2D eigenvalue weighted by molar-refractivity contribution is 8.00. The van der Waals surface area contributed by atoms with Crippen molar-refractivity contribution in [3.8, 4) is 0 Å². The first kappa shape index (κ1) is 20.1. The normalized spacial score (nSPS) is 20.3. The maximum absolute atomic E-state index is 11.8. The molecule has 6 heteroatoms. The summed E-state index contributed by atoms with van der Waals surface area (Å²) in [7, 11) is 0. The first-order valence-corrected chi connectivity index (χ1v) is 11.0. The minimum absolute atomic E-state index is 0.267. The van der Waals surface area contributed by atoms with Gasteiger partial charge in [0.05, 0.1) is 6.54 Å². The van der Waals surface area contributed by atoms with Crippen LogP contribution in [0.2, 0.25) is 0 Å². The molecule has 0 aliphatic carbocycles. The summed E-state index contributed by atoms with van der Waals surface area (Å²) >= 11 is 2.04. The number of rotatable bonds is 5. The number of hydrogen-bond acceptors (Lipinski definition) is 3. The van der Waals surface area contributed by atoms with Gasteiger partial charge in [-0.25, -0.2) is 4.99 Å². The zero-order valence-electron chi connectivity index (χ0n) is 16.8. The van der Waals surface area contributed by atoms with E-state index in [1.807, 2.05) is 16.7 Å². The molecule has 0 aromatic heterocycles. The van der Waals surface area contributed by atoms with Crippen LogP contribution in [-0.2, 0) is 17.9 Å². The van der Waals surface area contributed by atoms with Crippen LogP contribution in [0.15, 0.2) is 29.3 Å². The summed E-state index contributed by atoms with van der Waals surface area (Å²) < 4.78 is 0.267. The Balaban J connectivity index is 1.61. The largest absolute Gasteiger partial charge is 0.357 e. The third-order valence-electron chi connectivity index (χ3n) is 5.04. The van der Waals surface area contributed by atoms with E-state index in [1.165, 1.54) is 11.1 Å². The molecule has 1 N–H and O–H groups in total. The Labute approximate surface area is 167 Å². The molecule has 0 spiro atoms. The van der Waals surface area contributed by atoms with Crippen molar-refractivity contribution in [1.82, 2.24) is 15.1 Å². The molecule has 1 aromatic rings. The number of benzene rings is 1. The molecule has 5 nitrogen and oxygen atoms in total. The number of amides is 1. The van der Waals surface area contributed by atoms with Gasteiger partial charge >= 0.3 is 0 Å². The van der Waals surface area contributed by atoms with Gasteiger partial charge in [-0.1, -0.05) is 24.3 Å². The number of carbonyl (C=O) groups excluding carboxylic acids is 1. The van der Waals surface area contributed by atoms with Gasteiger partial charge in [-0.05, 0) is 38.3 Å². The lowest BCUT2D eigenvalue weighted by Gasteiger charge is -2.39. The summed E-state index contributed by atoms with van der Waals surface area (Å²) in [6, 6.07) is 8.53. The Kier molecular flexibility index (Phi) is 6.68. The first-order chi connectivity index (χ1) is 13.0. The van der Waals surface area contributed by atoms with E-state index >= 15 is 0 Å². The molecule has 148 valence electrons. The maximum atomic E-state index is 11.8. The van der Waals surface area contributed by atoms with E-state index in [9.17, 15) is 4.79 Å². The van der Waals surface area contributed by atoms with Crippen LogP contribution in [0.5, 0.6) is 0 Å². The summed E-state index contributed by atoms with van der Waals surface area (Å²) in [4.78, 5) is 21.0. The van der Waals surface area contributed by atoms with Crippen LogP contribution < -0.4 is 5.32 Å². The molecule has 2 saturated heterocycles. The molecule has 1 amide bonds. The van der Waals surface area contributed by atoms with Crippen molar-refractivity contribution in [1.29, 1.82) is 0 Å². The molecular weight excluding hydrogens is 356 g/mol. The van der Waals surface area contributed by atoms with Crippen molar-refractivity contribution in [2.75, 3.05) is 31.9 Å². The highest BCUT2D eigenvalue weighted by Crippen LogP contribution is 2.29. The van der Waals surface area contributed by atoms with E-state index in [0.29, 0.717) is 13.0 Å². The van der Waals surface area contributed by atoms with Crippen molar-refractivity contribution >= 4 is 23.6 Å². The van der Waals surface area contributed by atoms with Crippen molar-refractivity contribution in [3.05, 3.63) is 35.4 Å². The average molecular weight is 389 g/mol. The summed E-state index contributed by atoms with van der Waals surface area (Å²) in [5, 5.41) is 3.45. The van der Waals surface area contributed by atoms with Crippen LogP contribution in [-0.4, -0.2) is 58.3 Å². The van der Waals surface area contributed by atoms with Gasteiger partial charge in [0.15, 0.2) is 5.96 Å². The average Bonchev–Trinajstić information content (AvgIpc) is 3.04. The number of nitrogens with zero attached hydrogens (tertiary/aromatic N) is 3. The smallest absolute Gasteiger partial charge is 0.222 e. The van der Waals surface area contributed by atoms with Crippen molar-refractivity contribution < 1.29 is 4.79 Å². The summed E-state index contributed by atoms with van der Waals surface area (Å²) in [6.07, 6.45) is 1.69. The fraction of sp³-hybridized carbons (Fsp3) is 0.619. The molecule has 2 fully saturated rings. The topological polar surface area (TPSA) is 47.9 Å². The van der Waals surface area contributed by atoms with Crippen LogP contribution in [0.4, 0.5) is 0 Å². The molecule has 1 aromatic carbocycles. The second kappa shape index (κ2) is 9.00. The van der Waals surface area contributed by atoms with E-state index in [0.717, 1.165) is 50.9 Å². The Morgan fingerprint density at radius 1 is 1.22 bits per heavy atom. The number of hydrogen-bond donors (Lipinski definition) is 1. The van der Waals surface area contributed by atoms with E-state index in [4.69, 9.17) is 4.99 Å². The fourth-order valence-corrected chi connectivity index (χ4v) is 4.74. The lowest BCUT2D eigenvalue weighted by Crippen LogP contribution is -2.50. The third-order valence-corrected chi connectivity index (χ3v) is 6.34. The van der Waals surface area contributed by atoms with Gasteiger partial charge in [-0.3, -0.25) is 4.79 Å². The van der Waals surface area contributed by atoms with Crippen molar-refractivity contribution in [2.45, 2.75) is 51.4 Å². The van der Waals surface area contributed by atoms with E-state index in [2.05, 4.69) is 55.3 Å². The van der Waals surface area contributed by atoms with Crippen LogP contribution in [0.3, 0.4) is 0 Å². The molecule has 0 atom stereocenters. The number of likely N-dealkylation sites (tertiary alicyclic amines) is 1. The number of carbonyl (C=O) groups is 1. The van der Waals surface area contributed by atoms with Crippen molar-refractivity contribution in [2.24, 2.45) is 4.99 Å². The molecular formula is C21H32N4OS. The monoisotopic (exact) mass is 388 g/mol. The quantitative estimate of drug-likeness (QED) is 0.622. The number of guanidine groups is 1. The third kappa shape index (κ3) is 5.64. The minimum Gasteiger partial charge on any atom is -0.357 e. The lowest BCUT2D eigenvalue weighted by molar-refractivity contribution is -0.128. The van der Waals surface area contributed by atoms with Crippen LogP contribution in [0.1, 0.15) is 44.7 Å². The van der Waals surface area contributed by atoms with E-state index < -0.39 is 0 Å². The predicted octanol–water partition coefficient (Wildman–Crippen LogP) is 3.10. The SMILES string of the molecule is CCNC(=NCc1ccc(CN2CCCC2=O)cc1)N1CCSC(C)(C)C1. The van der Waals surface area contributed by atoms with E-state index in [1.54, 1.807) is 0 Å². The fourth-order valence-electron chi connectivity index (χ4n) is 3.63. The van der Waals surface area contributed by atoms with Gasteiger partial charge < -0.3 is 15.1 Å². The highest BCUT2D eigenvalue weighted by Gasteiger charge is 2.28. The molecule has 0 unspecified atom stereocenters. The van der Waals surface area contributed by atoms with Gasteiger partial charge in [0.1, 0.15) is 0 Å². The molecule has 0 saturated carbocycles. The highest BCUT2D eigenvalue weighted by atomic mass is 32.2. The van der Waals surface area contributed by atoms with Gasteiger partial charge in [0, 0.05) is 49.6 Å². The summed E-state index contributed by atoms with van der Waals surface area (Å²) in [5.41, 5.74) is 2.40. The molecule has 27 heavy (non-hydrogen) atoms. The van der Waals surface area contributed by atoms with Gasteiger partial charge in [-0.15, -0.1) is 0 Å². The standard InChI is InChI=1S/C21H32N4OS/c1-4-22-20(25-12-13-27-21(2,3)16-25)23-14-17-7-9-18(10-8-17)15-24-11-5-6-19(24)26/h7-10H,4-6,11-16H2,1-3H3,(H,22,23). The molecule has 2 heterocycles. The maximum Gasteiger partial charge on any atom is 0.222 e. The lowest BCUT2D eigenvalue weighted by atomic mass is 10.1.